The molecule has 0 radical (unpaired) electrons. The number of hydrogen-bond acceptors (Lipinski definition) is 4. The number of benzene rings is 2. The van der Waals surface area contributed by atoms with Crippen molar-refractivity contribution in [2.75, 3.05) is 6.54 Å². The summed E-state index contributed by atoms with van der Waals surface area (Å²) in [6.07, 6.45) is 10.7. The summed E-state index contributed by atoms with van der Waals surface area (Å²) in [5.41, 5.74) is 3.82. The van der Waals surface area contributed by atoms with Gasteiger partial charge in [0.2, 0.25) is 0 Å². The Hall–Kier alpha value is -2.74. The summed E-state index contributed by atoms with van der Waals surface area (Å²) in [6.45, 7) is 18.6. The minimum atomic E-state index is -0.562. The first kappa shape index (κ1) is 36.1. The predicted octanol–water partition coefficient (Wildman–Crippen LogP) is 9.79. The molecule has 2 heterocycles. The Morgan fingerprint density at radius 1 is 0.978 bits per heavy atom. The van der Waals surface area contributed by atoms with Crippen LogP contribution in [0.1, 0.15) is 122 Å². The molecular weight excluding hydrogens is 636 g/mol. The number of carbonyl (C=O) groups is 1. The lowest BCUT2D eigenvalue weighted by atomic mass is 9.72. The lowest BCUT2D eigenvalue weighted by Crippen LogP contribution is -2.58. The largest absolute Gasteiger partial charge is 0.338 e. The highest BCUT2D eigenvalue weighted by Gasteiger charge is 2.45. The molecule has 1 saturated heterocycles. The molecule has 1 aromatic heterocycles. The molecule has 2 N–H and O–H groups in total. The first-order valence-corrected chi connectivity index (χ1v) is 17.7. The minimum Gasteiger partial charge on any atom is -0.338 e. The van der Waals surface area contributed by atoms with Crippen molar-refractivity contribution in [1.82, 2.24) is 20.7 Å². The maximum atomic E-state index is 13.0. The number of halogens is 1. The minimum absolute atomic E-state index is 0.0668. The molecule has 0 spiro atoms. The number of piperidine rings is 1. The third kappa shape index (κ3) is 9.20. The second-order valence-electron chi connectivity index (χ2n) is 15.1. The topological polar surface area (TPSA) is 66.5 Å². The van der Waals surface area contributed by atoms with Crippen LogP contribution in [0.4, 0.5) is 4.79 Å². The van der Waals surface area contributed by atoms with E-state index in [0.717, 1.165) is 54.1 Å². The van der Waals surface area contributed by atoms with E-state index in [1.807, 2.05) is 24.5 Å². The second-order valence-corrected chi connectivity index (χ2v) is 16.0. The number of hydrogen-bond donors (Lipinski definition) is 2. The van der Waals surface area contributed by atoms with Crippen LogP contribution in [0.3, 0.4) is 0 Å². The zero-order valence-electron chi connectivity index (χ0n) is 29.3. The maximum Gasteiger partial charge on any atom is 0.315 e. The lowest BCUT2D eigenvalue weighted by molar-refractivity contribution is -0.310. The molecule has 0 bridgehead atoms. The Morgan fingerprint density at radius 3 is 2.24 bits per heavy atom. The fourth-order valence-corrected chi connectivity index (χ4v) is 7.43. The van der Waals surface area contributed by atoms with Crippen LogP contribution in [0.25, 0.3) is 0 Å². The van der Waals surface area contributed by atoms with Crippen molar-refractivity contribution in [1.29, 1.82) is 0 Å². The first-order chi connectivity index (χ1) is 21.6. The molecular formula is C39H55BrN4O2. The summed E-state index contributed by atoms with van der Waals surface area (Å²) in [7, 11) is 0. The van der Waals surface area contributed by atoms with Crippen LogP contribution >= 0.6 is 15.9 Å². The van der Waals surface area contributed by atoms with E-state index in [4.69, 9.17) is 4.84 Å². The van der Waals surface area contributed by atoms with Gasteiger partial charge in [-0.3, -0.25) is 9.82 Å². The smallest absolute Gasteiger partial charge is 0.315 e. The fourth-order valence-electron chi connectivity index (χ4n) is 7.16. The summed E-state index contributed by atoms with van der Waals surface area (Å²) in [5.74, 6) is 0. The van der Waals surface area contributed by atoms with E-state index < -0.39 is 5.54 Å². The molecule has 3 aromatic rings. The Morgan fingerprint density at radius 2 is 1.61 bits per heavy atom. The SMILES string of the molecule is CCCC(C)(CC(ON1C(C)(C)CCCC1(C)C)c1ccncc1)c1cccc(C(C)(C)NC(=O)NCCc2ccc(Br)cc2)c1. The normalized spacial score (nSPS) is 18.4. The summed E-state index contributed by atoms with van der Waals surface area (Å²) in [6, 6.07) is 21.0. The van der Waals surface area contributed by atoms with Gasteiger partial charge in [0.05, 0.1) is 5.54 Å². The van der Waals surface area contributed by atoms with Crippen LogP contribution in [0, 0.1) is 0 Å². The molecule has 6 nitrogen and oxygen atoms in total. The molecule has 1 aliphatic heterocycles. The van der Waals surface area contributed by atoms with Gasteiger partial charge in [-0.15, -0.1) is 0 Å². The Bertz CT molecular complexity index is 1410. The highest BCUT2D eigenvalue weighted by atomic mass is 79.9. The average Bonchev–Trinajstić information content (AvgIpc) is 2.99. The van der Waals surface area contributed by atoms with E-state index in [9.17, 15) is 4.79 Å². The van der Waals surface area contributed by atoms with E-state index in [2.05, 4.69) is 141 Å². The van der Waals surface area contributed by atoms with Gasteiger partial charge in [0.1, 0.15) is 6.10 Å². The zero-order valence-corrected chi connectivity index (χ0v) is 30.8. The predicted molar refractivity (Wildman–Crippen MR) is 193 cm³/mol. The molecule has 2 amide bonds. The van der Waals surface area contributed by atoms with Crippen molar-refractivity contribution in [2.45, 2.75) is 128 Å². The quantitative estimate of drug-likeness (QED) is 0.187. The van der Waals surface area contributed by atoms with Gasteiger partial charge in [0.25, 0.3) is 0 Å². The Balaban J connectivity index is 1.55. The van der Waals surface area contributed by atoms with Gasteiger partial charge >= 0.3 is 6.03 Å². The molecule has 1 aliphatic rings. The third-order valence-electron chi connectivity index (χ3n) is 9.74. The van der Waals surface area contributed by atoms with E-state index >= 15 is 0 Å². The van der Waals surface area contributed by atoms with Gasteiger partial charge in [-0.25, -0.2) is 4.79 Å². The number of nitrogens with zero attached hydrogens (tertiary/aromatic N) is 2. The molecule has 1 fully saturated rings. The zero-order chi connectivity index (χ0) is 33.6. The highest BCUT2D eigenvalue weighted by molar-refractivity contribution is 9.10. The summed E-state index contributed by atoms with van der Waals surface area (Å²) >= 11 is 3.48. The first-order valence-electron chi connectivity index (χ1n) is 16.9. The van der Waals surface area contributed by atoms with E-state index in [0.29, 0.717) is 6.54 Å². The summed E-state index contributed by atoms with van der Waals surface area (Å²) < 4.78 is 1.05. The maximum absolute atomic E-state index is 13.0. The summed E-state index contributed by atoms with van der Waals surface area (Å²) in [4.78, 5) is 24.4. The summed E-state index contributed by atoms with van der Waals surface area (Å²) in [5, 5.41) is 8.56. The Labute approximate surface area is 286 Å². The molecule has 0 aliphatic carbocycles. The molecule has 0 saturated carbocycles. The van der Waals surface area contributed by atoms with Crippen molar-refractivity contribution >= 4 is 22.0 Å². The molecule has 2 aromatic carbocycles. The van der Waals surface area contributed by atoms with Crippen LogP contribution < -0.4 is 10.6 Å². The average molecular weight is 692 g/mol. The van der Waals surface area contributed by atoms with Crippen molar-refractivity contribution in [3.63, 3.8) is 0 Å². The van der Waals surface area contributed by atoms with Gasteiger partial charge in [0.15, 0.2) is 0 Å². The van der Waals surface area contributed by atoms with Crippen LogP contribution in [0.2, 0.25) is 0 Å². The van der Waals surface area contributed by atoms with Crippen LogP contribution in [0.15, 0.2) is 77.5 Å². The monoisotopic (exact) mass is 690 g/mol. The number of rotatable bonds is 13. The van der Waals surface area contributed by atoms with Crippen molar-refractivity contribution in [3.8, 4) is 0 Å². The van der Waals surface area contributed by atoms with Crippen LogP contribution in [-0.2, 0) is 22.2 Å². The van der Waals surface area contributed by atoms with Gasteiger partial charge in [-0.1, -0.05) is 72.6 Å². The molecule has 7 heteroatoms. The van der Waals surface area contributed by atoms with Crippen molar-refractivity contribution in [2.24, 2.45) is 0 Å². The van der Waals surface area contributed by atoms with Crippen molar-refractivity contribution in [3.05, 3.63) is 99.8 Å². The molecule has 46 heavy (non-hydrogen) atoms. The number of nitrogens with one attached hydrogen (secondary N) is 2. The molecule has 2 unspecified atom stereocenters. The fraction of sp³-hybridized carbons (Fsp3) is 0.538. The number of amides is 2. The Kier molecular flexibility index (Phi) is 11.8. The standard InChI is InChI=1S/C39H55BrN4O2/c1-9-21-39(8,28-34(30-19-24-41-25-20-30)46-44-36(2,3)22-11-23-37(44,4)5)32-13-10-12-31(27-32)38(6,7)43-35(45)42-26-18-29-14-16-33(40)17-15-29/h10,12-17,19-20,24-25,27,34H,9,11,18,21-23,26,28H2,1-8H3,(H2,42,43,45). The van der Waals surface area contributed by atoms with E-state index in [-0.39, 0.29) is 28.6 Å². The highest BCUT2D eigenvalue weighted by Crippen LogP contribution is 2.45. The molecule has 4 rings (SSSR count). The molecule has 250 valence electrons. The van der Waals surface area contributed by atoms with E-state index in [1.54, 1.807) is 0 Å². The van der Waals surface area contributed by atoms with Gasteiger partial charge < -0.3 is 10.6 Å². The van der Waals surface area contributed by atoms with Gasteiger partial charge in [-0.05, 0) is 132 Å². The number of urea groups is 1. The van der Waals surface area contributed by atoms with E-state index in [1.165, 1.54) is 17.5 Å². The number of pyridine rings is 1. The van der Waals surface area contributed by atoms with Crippen LogP contribution in [-0.4, -0.2) is 33.7 Å². The van der Waals surface area contributed by atoms with Gasteiger partial charge in [-0.2, -0.15) is 5.06 Å². The number of aromatic nitrogens is 1. The lowest BCUT2D eigenvalue weighted by Gasteiger charge is -2.53. The number of hydroxylamine groups is 2. The van der Waals surface area contributed by atoms with Crippen molar-refractivity contribution < 1.29 is 9.63 Å². The second kappa shape index (κ2) is 15.0. The number of carbonyl (C=O) groups excluding carboxylic acids is 1. The van der Waals surface area contributed by atoms with Crippen LogP contribution in [0.5, 0.6) is 0 Å². The third-order valence-corrected chi connectivity index (χ3v) is 10.3. The van der Waals surface area contributed by atoms with Gasteiger partial charge in [0, 0.05) is 34.5 Å². The molecule has 2 atom stereocenters.